The average molecular weight is 279 g/mol. The van der Waals surface area contributed by atoms with Crippen LogP contribution in [0.4, 0.5) is 11.4 Å². The fraction of sp³-hybridized carbons (Fsp3) is 0.462. The van der Waals surface area contributed by atoms with Crippen LogP contribution < -0.4 is 15.4 Å². The second kappa shape index (κ2) is 6.33. The molecule has 1 atom stereocenters. The Bertz CT molecular complexity index is 512. The molecule has 1 aliphatic rings. The topological polar surface area (TPSA) is 93.5 Å². The molecule has 1 amide bonds. The maximum Gasteiger partial charge on any atom is 0.296 e. The fourth-order valence-corrected chi connectivity index (χ4v) is 2.21. The highest BCUT2D eigenvalue weighted by Crippen LogP contribution is 2.29. The Kier molecular flexibility index (Phi) is 4.52. The number of amides is 1. The van der Waals surface area contributed by atoms with Gasteiger partial charge in [-0.2, -0.15) is 0 Å². The van der Waals surface area contributed by atoms with Crippen molar-refractivity contribution in [3.05, 3.63) is 28.3 Å². The van der Waals surface area contributed by atoms with Crippen molar-refractivity contribution in [3.8, 4) is 5.75 Å². The Morgan fingerprint density at radius 1 is 1.55 bits per heavy atom. The van der Waals surface area contributed by atoms with Crippen molar-refractivity contribution in [2.45, 2.75) is 12.8 Å². The molecule has 108 valence electrons. The first-order valence-electron chi connectivity index (χ1n) is 6.46. The van der Waals surface area contributed by atoms with Gasteiger partial charge in [0.2, 0.25) is 5.91 Å². The van der Waals surface area contributed by atoms with Crippen LogP contribution in [-0.2, 0) is 4.79 Å². The second-order valence-corrected chi connectivity index (χ2v) is 4.67. The first-order chi connectivity index (χ1) is 9.61. The fourth-order valence-electron chi connectivity index (χ4n) is 2.21. The summed E-state index contributed by atoms with van der Waals surface area (Å²) in [5.74, 6) is 0.0463. The standard InChI is InChI=1S/C13H17N3O4/c1-20-10-4-5-11(12(7-10)16(18)19)15-13(17)9-3-2-6-14-8-9/h4-5,7,9,14H,2-3,6,8H2,1H3,(H,15,17)/t9-/m0/s1. The largest absolute Gasteiger partial charge is 0.496 e. The van der Waals surface area contributed by atoms with E-state index in [1.807, 2.05) is 0 Å². The molecule has 1 aliphatic heterocycles. The number of carbonyl (C=O) groups excluding carboxylic acids is 1. The molecule has 0 spiro atoms. The molecule has 1 fully saturated rings. The molecular formula is C13H17N3O4. The number of nitro groups is 1. The van der Waals surface area contributed by atoms with Crippen molar-refractivity contribution in [1.82, 2.24) is 5.32 Å². The van der Waals surface area contributed by atoms with E-state index in [0.717, 1.165) is 19.4 Å². The number of nitrogens with zero attached hydrogens (tertiary/aromatic N) is 1. The van der Waals surface area contributed by atoms with Crippen LogP contribution in [0.3, 0.4) is 0 Å². The molecule has 0 unspecified atom stereocenters. The summed E-state index contributed by atoms with van der Waals surface area (Å²) in [6.07, 6.45) is 1.73. The van der Waals surface area contributed by atoms with Crippen molar-refractivity contribution >= 4 is 17.3 Å². The summed E-state index contributed by atoms with van der Waals surface area (Å²) < 4.78 is 4.95. The predicted molar refractivity (Wildman–Crippen MR) is 73.9 cm³/mol. The van der Waals surface area contributed by atoms with E-state index in [9.17, 15) is 14.9 Å². The Morgan fingerprint density at radius 2 is 2.35 bits per heavy atom. The van der Waals surface area contributed by atoms with Crippen LogP contribution in [0.15, 0.2) is 18.2 Å². The third-order valence-electron chi connectivity index (χ3n) is 3.33. The number of ether oxygens (including phenoxy) is 1. The zero-order valence-corrected chi connectivity index (χ0v) is 11.2. The number of methoxy groups -OCH3 is 1. The van der Waals surface area contributed by atoms with Gasteiger partial charge in [-0.3, -0.25) is 14.9 Å². The molecule has 0 radical (unpaired) electrons. The zero-order chi connectivity index (χ0) is 14.5. The van der Waals surface area contributed by atoms with Crippen molar-refractivity contribution in [1.29, 1.82) is 0 Å². The number of anilines is 1. The molecule has 1 saturated heterocycles. The lowest BCUT2D eigenvalue weighted by atomic mass is 9.99. The summed E-state index contributed by atoms with van der Waals surface area (Å²) in [7, 11) is 1.44. The monoisotopic (exact) mass is 279 g/mol. The van der Waals surface area contributed by atoms with Crippen LogP contribution in [0, 0.1) is 16.0 Å². The highest BCUT2D eigenvalue weighted by Gasteiger charge is 2.24. The van der Waals surface area contributed by atoms with Gasteiger partial charge in [-0.15, -0.1) is 0 Å². The molecule has 1 heterocycles. The van der Waals surface area contributed by atoms with Gasteiger partial charge in [-0.25, -0.2) is 0 Å². The molecule has 0 aromatic heterocycles. The molecule has 2 N–H and O–H groups in total. The van der Waals surface area contributed by atoms with Gasteiger partial charge in [0, 0.05) is 6.54 Å². The van der Waals surface area contributed by atoms with Crippen molar-refractivity contribution in [2.24, 2.45) is 5.92 Å². The number of benzene rings is 1. The van der Waals surface area contributed by atoms with Crippen molar-refractivity contribution in [3.63, 3.8) is 0 Å². The highest BCUT2D eigenvalue weighted by atomic mass is 16.6. The first kappa shape index (κ1) is 14.3. The molecular weight excluding hydrogens is 262 g/mol. The minimum Gasteiger partial charge on any atom is -0.496 e. The van der Waals surface area contributed by atoms with E-state index in [1.54, 1.807) is 6.07 Å². The summed E-state index contributed by atoms with van der Waals surface area (Å²) in [5.41, 5.74) is 0.0350. The molecule has 0 saturated carbocycles. The van der Waals surface area contributed by atoms with E-state index in [4.69, 9.17) is 4.74 Å². The van der Waals surface area contributed by atoms with Gasteiger partial charge in [0.15, 0.2) is 0 Å². The molecule has 0 bridgehead atoms. The van der Waals surface area contributed by atoms with Gasteiger partial charge in [0.1, 0.15) is 11.4 Å². The van der Waals surface area contributed by atoms with Crippen LogP contribution in [0.25, 0.3) is 0 Å². The average Bonchev–Trinajstić information content (AvgIpc) is 2.48. The minimum atomic E-state index is -0.531. The van der Waals surface area contributed by atoms with E-state index in [-0.39, 0.29) is 23.2 Å². The number of hydrogen-bond donors (Lipinski definition) is 2. The smallest absolute Gasteiger partial charge is 0.296 e. The van der Waals surface area contributed by atoms with Crippen LogP contribution in [0.2, 0.25) is 0 Å². The number of nitro benzene ring substituents is 1. The minimum absolute atomic E-state index is 0.148. The summed E-state index contributed by atoms with van der Waals surface area (Å²) in [5, 5.41) is 16.8. The van der Waals surface area contributed by atoms with Gasteiger partial charge in [-0.05, 0) is 31.5 Å². The molecule has 1 aromatic carbocycles. The highest BCUT2D eigenvalue weighted by molar-refractivity contribution is 5.95. The number of carbonyl (C=O) groups is 1. The van der Waals surface area contributed by atoms with Gasteiger partial charge >= 0.3 is 0 Å². The Balaban J connectivity index is 2.15. The molecule has 0 aliphatic carbocycles. The first-order valence-corrected chi connectivity index (χ1v) is 6.46. The number of nitrogens with one attached hydrogen (secondary N) is 2. The SMILES string of the molecule is COc1ccc(NC(=O)[C@H]2CCCNC2)c([N+](=O)[O-])c1. The van der Waals surface area contributed by atoms with Crippen LogP contribution >= 0.6 is 0 Å². The number of hydrogen-bond acceptors (Lipinski definition) is 5. The zero-order valence-electron chi connectivity index (χ0n) is 11.2. The molecule has 7 heteroatoms. The van der Waals surface area contributed by atoms with Crippen LogP contribution in [0.1, 0.15) is 12.8 Å². The molecule has 7 nitrogen and oxygen atoms in total. The summed E-state index contributed by atoms with van der Waals surface area (Å²) in [4.78, 5) is 22.6. The van der Waals surface area contributed by atoms with Crippen LogP contribution in [-0.4, -0.2) is 31.0 Å². The number of rotatable bonds is 4. The summed E-state index contributed by atoms with van der Waals surface area (Å²) in [6.45, 7) is 1.52. The number of piperidine rings is 1. The molecule has 1 aromatic rings. The van der Waals surface area contributed by atoms with E-state index >= 15 is 0 Å². The lowest BCUT2D eigenvalue weighted by Crippen LogP contribution is -2.37. The third kappa shape index (κ3) is 3.24. The Labute approximate surface area is 116 Å². The van der Waals surface area contributed by atoms with Gasteiger partial charge < -0.3 is 15.4 Å². The lowest BCUT2D eigenvalue weighted by Gasteiger charge is -2.21. The van der Waals surface area contributed by atoms with E-state index in [2.05, 4.69) is 10.6 Å². The van der Waals surface area contributed by atoms with Crippen molar-refractivity contribution in [2.75, 3.05) is 25.5 Å². The molecule has 2 rings (SSSR count). The van der Waals surface area contributed by atoms with E-state index < -0.39 is 4.92 Å². The maximum atomic E-state index is 12.1. The summed E-state index contributed by atoms with van der Waals surface area (Å²) >= 11 is 0. The van der Waals surface area contributed by atoms with E-state index in [1.165, 1.54) is 19.2 Å². The lowest BCUT2D eigenvalue weighted by molar-refractivity contribution is -0.384. The summed E-state index contributed by atoms with van der Waals surface area (Å²) in [6, 6.07) is 4.38. The van der Waals surface area contributed by atoms with Crippen LogP contribution in [0.5, 0.6) is 5.75 Å². The molecule has 20 heavy (non-hydrogen) atoms. The van der Waals surface area contributed by atoms with Gasteiger partial charge in [0.05, 0.1) is 24.0 Å². The Hall–Kier alpha value is -2.15. The predicted octanol–water partition coefficient (Wildman–Crippen LogP) is 1.54. The normalized spacial score (nSPS) is 18.4. The van der Waals surface area contributed by atoms with Crippen molar-refractivity contribution < 1.29 is 14.5 Å². The third-order valence-corrected chi connectivity index (χ3v) is 3.33. The second-order valence-electron chi connectivity index (χ2n) is 4.67. The van der Waals surface area contributed by atoms with Gasteiger partial charge in [-0.1, -0.05) is 0 Å². The maximum absolute atomic E-state index is 12.1. The Morgan fingerprint density at radius 3 is 2.95 bits per heavy atom. The van der Waals surface area contributed by atoms with E-state index in [0.29, 0.717) is 12.3 Å². The van der Waals surface area contributed by atoms with Gasteiger partial charge in [0.25, 0.3) is 5.69 Å². The quantitative estimate of drug-likeness (QED) is 0.644.